The molecule has 0 heterocycles. The lowest BCUT2D eigenvalue weighted by Crippen LogP contribution is -2.46. The fourth-order valence-corrected chi connectivity index (χ4v) is 1.85. The molecule has 1 aliphatic carbocycles. The van der Waals surface area contributed by atoms with Gasteiger partial charge in [0.05, 0.1) is 6.04 Å². The van der Waals surface area contributed by atoms with Crippen LogP contribution in [0.4, 0.5) is 0 Å². The largest absolute Gasteiger partial charge is 0.344 e. The Morgan fingerprint density at radius 3 is 2.53 bits per heavy atom. The summed E-state index contributed by atoms with van der Waals surface area (Å²) >= 11 is 0. The van der Waals surface area contributed by atoms with Crippen molar-refractivity contribution in [3.05, 3.63) is 0 Å². The predicted octanol–water partition coefficient (Wildman–Crippen LogP) is 1.47. The molecular weight excluding hydrogens is 188 g/mol. The van der Waals surface area contributed by atoms with Gasteiger partial charge >= 0.3 is 0 Å². The normalized spacial score (nSPS) is 28.3. The number of carbonyl (C=O) groups excluding carboxylic acids is 1. The average molecular weight is 212 g/mol. The fourth-order valence-electron chi connectivity index (χ4n) is 1.85. The summed E-state index contributed by atoms with van der Waals surface area (Å²) in [6, 6.07) is -0.325. The molecule has 3 heteroatoms. The van der Waals surface area contributed by atoms with Gasteiger partial charge in [0, 0.05) is 13.6 Å². The lowest BCUT2D eigenvalue weighted by Gasteiger charge is -2.24. The predicted molar refractivity (Wildman–Crippen MR) is 62.3 cm³/mol. The number of likely N-dealkylation sites (N-methyl/N-ethyl adjacent to an activating group) is 1. The van der Waals surface area contributed by atoms with Crippen LogP contribution in [0.15, 0.2) is 0 Å². The summed E-state index contributed by atoms with van der Waals surface area (Å²) in [5, 5.41) is 0. The number of nitrogens with two attached hydrogens (primary N) is 1. The Labute approximate surface area is 93.0 Å². The first kappa shape index (κ1) is 12.5. The molecule has 0 spiro atoms. The van der Waals surface area contributed by atoms with E-state index in [9.17, 15) is 4.79 Å². The van der Waals surface area contributed by atoms with Crippen LogP contribution in [0.25, 0.3) is 0 Å². The summed E-state index contributed by atoms with van der Waals surface area (Å²) in [7, 11) is 1.87. The van der Waals surface area contributed by atoms with Crippen LogP contribution in [0, 0.1) is 17.8 Å². The molecule has 0 bridgehead atoms. The summed E-state index contributed by atoms with van der Waals surface area (Å²) in [5.74, 6) is 1.88. The molecule has 2 unspecified atom stereocenters. The summed E-state index contributed by atoms with van der Waals surface area (Å²) in [5.41, 5.74) is 5.91. The number of amides is 1. The molecule has 2 N–H and O–H groups in total. The first-order valence-electron chi connectivity index (χ1n) is 5.97. The summed E-state index contributed by atoms with van der Waals surface area (Å²) in [4.78, 5) is 13.7. The molecule has 1 aliphatic rings. The van der Waals surface area contributed by atoms with E-state index in [1.165, 1.54) is 6.42 Å². The fraction of sp³-hybridized carbons (Fsp3) is 0.917. The van der Waals surface area contributed by atoms with Crippen molar-refractivity contribution < 1.29 is 4.79 Å². The van der Waals surface area contributed by atoms with E-state index >= 15 is 0 Å². The first-order chi connectivity index (χ1) is 6.97. The van der Waals surface area contributed by atoms with Crippen molar-refractivity contribution >= 4 is 5.91 Å². The maximum Gasteiger partial charge on any atom is 0.239 e. The Bertz CT molecular complexity index is 230. The van der Waals surface area contributed by atoms with Crippen LogP contribution in [-0.2, 0) is 4.79 Å². The van der Waals surface area contributed by atoms with Gasteiger partial charge in [0.1, 0.15) is 0 Å². The van der Waals surface area contributed by atoms with E-state index < -0.39 is 0 Å². The number of carbonyl (C=O) groups is 1. The van der Waals surface area contributed by atoms with Gasteiger partial charge in [-0.1, -0.05) is 27.2 Å². The Balaban J connectivity index is 2.37. The number of hydrogen-bond acceptors (Lipinski definition) is 2. The second kappa shape index (κ2) is 4.97. The zero-order valence-electron chi connectivity index (χ0n) is 10.4. The monoisotopic (exact) mass is 212 g/mol. The van der Waals surface area contributed by atoms with Crippen LogP contribution >= 0.6 is 0 Å². The van der Waals surface area contributed by atoms with Crippen molar-refractivity contribution in [2.45, 2.75) is 39.7 Å². The van der Waals surface area contributed by atoms with Gasteiger partial charge in [-0.25, -0.2) is 0 Å². The van der Waals surface area contributed by atoms with Gasteiger partial charge < -0.3 is 10.6 Å². The van der Waals surface area contributed by atoms with Gasteiger partial charge in [-0.05, 0) is 24.2 Å². The topological polar surface area (TPSA) is 46.3 Å². The van der Waals surface area contributed by atoms with Crippen LogP contribution in [0.1, 0.15) is 33.6 Å². The maximum absolute atomic E-state index is 11.9. The maximum atomic E-state index is 11.9. The van der Waals surface area contributed by atoms with Crippen LogP contribution in [0.3, 0.4) is 0 Å². The molecule has 0 radical (unpaired) electrons. The standard InChI is InChI=1S/C12H24N2O/c1-5-8(2)11(13)12(15)14(4)7-10-6-9(10)3/h8-11H,5-7,13H2,1-4H3/t8-,9?,10?,11-/m0/s1. The second-order valence-electron chi connectivity index (χ2n) is 5.10. The van der Waals surface area contributed by atoms with E-state index in [1.54, 1.807) is 0 Å². The van der Waals surface area contributed by atoms with Gasteiger partial charge in [-0.15, -0.1) is 0 Å². The summed E-state index contributed by atoms with van der Waals surface area (Å²) in [6.07, 6.45) is 2.22. The van der Waals surface area contributed by atoms with E-state index in [2.05, 4.69) is 13.8 Å². The highest BCUT2D eigenvalue weighted by atomic mass is 16.2. The lowest BCUT2D eigenvalue weighted by molar-refractivity contribution is -0.132. The minimum absolute atomic E-state index is 0.100. The third kappa shape index (κ3) is 3.20. The molecule has 0 saturated heterocycles. The van der Waals surface area contributed by atoms with E-state index in [0.717, 1.165) is 18.9 Å². The van der Waals surface area contributed by atoms with Crippen LogP contribution < -0.4 is 5.73 Å². The van der Waals surface area contributed by atoms with Crippen molar-refractivity contribution in [2.24, 2.45) is 23.5 Å². The van der Waals surface area contributed by atoms with E-state index in [4.69, 9.17) is 5.73 Å². The molecule has 1 rings (SSSR count). The van der Waals surface area contributed by atoms with Gasteiger partial charge in [-0.2, -0.15) is 0 Å². The van der Waals surface area contributed by atoms with Gasteiger partial charge in [0.25, 0.3) is 0 Å². The molecule has 3 nitrogen and oxygen atoms in total. The SMILES string of the molecule is CC[C@H](C)[C@H](N)C(=O)N(C)CC1CC1C. The quantitative estimate of drug-likeness (QED) is 0.750. The molecule has 1 fully saturated rings. The number of hydrogen-bond donors (Lipinski definition) is 1. The third-order valence-corrected chi connectivity index (χ3v) is 3.70. The Morgan fingerprint density at radius 2 is 2.13 bits per heavy atom. The van der Waals surface area contributed by atoms with Gasteiger partial charge in [-0.3, -0.25) is 4.79 Å². The second-order valence-corrected chi connectivity index (χ2v) is 5.10. The highest BCUT2D eigenvalue weighted by molar-refractivity contribution is 5.81. The number of nitrogens with zero attached hydrogens (tertiary/aromatic N) is 1. The highest BCUT2D eigenvalue weighted by Gasteiger charge is 2.35. The molecule has 0 aromatic carbocycles. The zero-order chi connectivity index (χ0) is 11.6. The van der Waals surface area contributed by atoms with Gasteiger partial charge in [0.2, 0.25) is 5.91 Å². The molecule has 1 amide bonds. The minimum atomic E-state index is -0.325. The van der Waals surface area contributed by atoms with E-state index in [-0.39, 0.29) is 17.9 Å². The molecule has 0 aliphatic heterocycles. The molecule has 1 saturated carbocycles. The summed E-state index contributed by atoms with van der Waals surface area (Å²) < 4.78 is 0. The molecule has 0 aromatic rings. The summed E-state index contributed by atoms with van der Waals surface area (Å²) in [6.45, 7) is 7.22. The molecule has 4 atom stereocenters. The van der Waals surface area contributed by atoms with Crippen LogP contribution in [0.5, 0.6) is 0 Å². The van der Waals surface area contributed by atoms with Crippen molar-refractivity contribution in [1.82, 2.24) is 4.90 Å². The molecule has 15 heavy (non-hydrogen) atoms. The molecule has 88 valence electrons. The average Bonchev–Trinajstić information content (AvgIpc) is 2.90. The van der Waals surface area contributed by atoms with Crippen molar-refractivity contribution in [1.29, 1.82) is 0 Å². The lowest BCUT2D eigenvalue weighted by atomic mass is 9.99. The Morgan fingerprint density at radius 1 is 1.60 bits per heavy atom. The van der Waals surface area contributed by atoms with E-state index in [0.29, 0.717) is 5.92 Å². The first-order valence-corrected chi connectivity index (χ1v) is 5.97. The molecular formula is C12H24N2O. The Hall–Kier alpha value is -0.570. The van der Waals surface area contributed by atoms with Crippen molar-refractivity contribution in [2.75, 3.05) is 13.6 Å². The smallest absolute Gasteiger partial charge is 0.239 e. The van der Waals surface area contributed by atoms with Crippen LogP contribution in [-0.4, -0.2) is 30.4 Å². The van der Waals surface area contributed by atoms with Crippen molar-refractivity contribution in [3.63, 3.8) is 0 Å². The van der Waals surface area contributed by atoms with E-state index in [1.807, 2.05) is 18.9 Å². The minimum Gasteiger partial charge on any atom is -0.344 e. The Kier molecular flexibility index (Phi) is 4.14. The van der Waals surface area contributed by atoms with Crippen molar-refractivity contribution in [3.8, 4) is 0 Å². The number of rotatable bonds is 5. The third-order valence-electron chi connectivity index (χ3n) is 3.70. The van der Waals surface area contributed by atoms with Gasteiger partial charge in [0.15, 0.2) is 0 Å². The highest BCUT2D eigenvalue weighted by Crippen LogP contribution is 2.38. The molecule has 0 aromatic heterocycles. The zero-order valence-corrected chi connectivity index (χ0v) is 10.4. The van der Waals surface area contributed by atoms with Crippen LogP contribution in [0.2, 0.25) is 0 Å².